The van der Waals surface area contributed by atoms with Crippen molar-refractivity contribution in [2.75, 3.05) is 0 Å². The molecule has 0 aromatic heterocycles. The maximum atomic E-state index is 11.5. The van der Waals surface area contributed by atoms with Gasteiger partial charge in [0.1, 0.15) is 5.78 Å². The fraction of sp³-hybridized carbons (Fsp3) is 0.929. The molecule has 0 rings (SSSR count). The van der Waals surface area contributed by atoms with E-state index >= 15 is 0 Å². The molecular weight excluding hydrogens is 184 g/mol. The molecule has 0 aromatic carbocycles. The van der Waals surface area contributed by atoms with Crippen molar-refractivity contribution in [3.8, 4) is 0 Å². The first-order valence-corrected chi connectivity index (χ1v) is 6.75. The summed E-state index contributed by atoms with van der Waals surface area (Å²) in [5.41, 5.74) is 0. The van der Waals surface area contributed by atoms with Crippen LogP contribution in [0.2, 0.25) is 0 Å². The monoisotopic (exact) mass is 212 g/mol. The minimum atomic E-state index is 0.282. The molecule has 0 radical (unpaired) electrons. The van der Waals surface area contributed by atoms with Crippen LogP contribution in [-0.2, 0) is 4.79 Å². The van der Waals surface area contributed by atoms with Gasteiger partial charge in [-0.1, -0.05) is 59.3 Å². The molecule has 0 saturated carbocycles. The second kappa shape index (κ2) is 10.2. The number of unbranched alkanes of at least 4 members (excludes halogenated alkanes) is 6. The molecule has 0 aliphatic rings. The normalized spacial score (nSPS) is 12.7. The molecule has 1 unspecified atom stereocenters. The van der Waals surface area contributed by atoms with Gasteiger partial charge in [-0.05, 0) is 12.8 Å². The van der Waals surface area contributed by atoms with Gasteiger partial charge in [-0.2, -0.15) is 0 Å². The summed E-state index contributed by atoms with van der Waals surface area (Å²) < 4.78 is 0. The summed E-state index contributed by atoms with van der Waals surface area (Å²) in [6.45, 7) is 6.38. The molecule has 0 amide bonds. The van der Waals surface area contributed by atoms with Crippen LogP contribution in [0, 0.1) is 5.92 Å². The van der Waals surface area contributed by atoms with Gasteiger partial charge in [0.25, 0.3) is 0 Å². The number of carbonyl (C=O) groups is 1. The van der Waals surface area contributed by atoms with Gasteiger partial charge in [0.15, 0.2) is 0 Å². The highest BCUT2D eigenvalue weighted by Gasteiger charge is 2.09. The highest BCUT2D eigenvalue weighted by atomic mass is 16.1. The topological polar surface area (TPSA) is 17.1 Å². The summed E-state index contributed by atoms with van der Waals surface area (Å²) >= 11 is 0. The van der Waals surface area contributed by atoms with Gasteiger partial charge in [-0.25, -0.2) is 0 Å². The minimum absolute atomic E-state index is 0.282. The summed E-state index contributed by atoms with van der Waals surface area (Å²) in [6.07, 6.45) is 10.9. The average Bonchev–Trinajstić information content (AvgIpc) is 2.26. The van der Waals surface area contributed by atoms with Crippen LogP contribution in [0.1, 0.15) is 78.6 Å². The van der Waals surface area contributed by atoms with Crippen LogP contribution in [0.25, 0.3) is 0 Å². The molecule has 0 aromatic rings. The Morgan fingerprint density at radius 3 is 2.00 bits per heavy atom. The third kappa shape index (κ3) is 8.65. The lowest BCUT2D eigenvalue weighted by Gasteiger charge is -2.06. The van der Waals surface area contributed by atoms with Gasteiger partial charge < -0.3 is 0 Å². The lowest BCUT2D eigenvalue weighted by Crippen LogP contribution is -2.09. The average molecular weight is 212 g/mol. The quantitative estimate of drug-likeness (QED) is 0.478. The fourth-order valence-corrected chi connectivity index (χ4v) is 1.73. The highest BCUT2D eigenvalue weighted by Crippen LogP contribution is 2.12. The van der Waals surface area contributed by atoms with Crippen molar-refractivity contribution in [1.29, 1.82) is 0 Å². The van der Waals surface area contributed by atoms with Crippen LogP contribution in [0.3, 0.4) is 0 Å². The Hall–Kier alpha value is -0.330. The van der Waals surface area contributed by atoms with Crippen LogP contribution >= 0.6 is 0 Å². The predicted molar refractivity (Wildman–Crippen MR) is 67.1 cm³/mol. The Balaban J connectivity index is 3.20. The Bertz CT molecular complexity index is 151. The van der Waals surface area contributed by atoms with Gasteiger partial charge in [-0.3, -0.25) is 4.79 Å². The van der Waals surface area contributed by atoms with E-state index in [0.717, 1.165) is 19.3 Å². The minimum Gasteiger partial charge on any atom is -0.299 e. The lowest BCUT2D eigenvalue weighted by atomic mass is 9.98. The standard InChI is InChI=1S/C14H28O/c1-4-6-7-8-9-10-11-12-14(15)13(3)5-2/h13H,4-12H2,1-3H3. The highest BCUT2D eigenvalue weighted by molar-refractivity contribution is 5.80. The largest absolute Gasteiger partial charge is 0.299 e. The smallest absolute Gasteiger partial charge is 0.135 e. The molecule has 0 spiro atoms. The maximum absolute atomic E-state index is 11.5. The Morgan fingerprint density at radius 1 is 0.933 bits per heavy atom. The Morgan fingerprint density at radius 2 is 1.47 bits per heavy atom. The van der Waals surface area contributed by atoms with E-state index in [1.54, 1.807) is 0 Å². The molecule has 0 saturated heterocycles. The molecule has 0 bridgehead atoms. The molecule has 0 heterocycles. The van der Waals surface area contributed by atoms with E-state index in [0.29, 0.717) is 5.78 Å². The van der Waals surface area contributed by atoms with E-state index < -0.39 is 0 Å². The molecule has 1 atom stereocenters. The van der Waals surface area contributed by atoms with Crippen LogP contribution in [0.4, 0.5) is 0 Å². The van der Waals surface area contributed by atoms with Crippen molar-refractivity contribution in [1.82, 2.24) is 0 Å². The number of hydrogen-bond donors (Lipinski definition) is 0. The van der Waals surface area contributed by atoms with Gasteiger partial charge >= 0.3 is 0 Å². The van der Waals surface area contributed by atoms with Crippen LogP contribution < -0.4 is 0 Å². The van der Waals surface area contributed by atoms with E-state index in [2.05, 4.69) is 13.8 Å². The molecule has 1 nitrogen and oxygen atoms in total. The van der Waals surface area contributed by atoms with Crippen LogP contribution in [0.15, 0.2) is 0 Å². The van der Waals surface area contributed by atoms with E-state index in [1.807, 2.05) is 6.92 Å². The lowest BCUT2D eigenvalue weighted by molar-refractivity contribution is -0.122. The molecule has 1 heteroatoms. The number of hydrogen-bond acceptors (Lipinski definition) is 1. The van der Waals surface area contributed by atoms with Gasteiger partial charge in [-0.15, -0.1) is 0 Å². The molecule has 0 N–H and O–H groups in total. The molecule has 0 fully saturated rings. The van der Waals surface area contributed by atoms with E-state index in [4.69, 9.17) is 0 Å². The van der Waals surface area contributed by atoms with Crippen molar-refractivity contribution in [3.05, 3.63) is 0 Å². The van der Waals surface area contributed by atoms with Crippen molar-refractivity contribution in [2.24, 2.45) is 5.92 Å². The summed E-state index contributed by atoms with van der Waals surface area (Å²) in [6, 6.07) is 0. The van der Waals surface area contributed by atoms with Gasteiger partial charge in [0, 0.05) is 12.3 Å². The molecule has 0 aliphatic heterocycles. The summed E-state index contributed by atoms with van der Waals surface area (Å²) in [4.78, 5) is 11.5. The number of ketones is 1. The first-order valence-electron chi connectivity index (χ1n) is 6.75. The van der Waals surface area contributed by atoms with Crippen LogP contribution in [-0.4, -0.2) is 5.78 Å². The SMILES string of the molecule is CCCCCCCCCC(=O)C(C)CC. The summed E-state index contributed by atoms with van der Waals surface area (Å²) in [7, 11) is 0. The van der Waals surface area contributed by atoms with Crippen molar-refractivity contribution in [2.45, 2.75) is 78.6 Å². The first-order chi connectivity index (χ1) is 7.22. The number of Topliss-reactive ketones (excluding diaryl/α,β-unsaturated/α-hetero) is 1. The van der Waals surface area contributed by atoms with E-state index in [9.17, 15) is 4.79 Å². The molecule has 15 heavy (non-hydrogen) atoms. The van der Waals surface area contributed by atoms with E-state index in [1.165, 1.54) is 38.5 Å². The van der Waals surface area contributed by atoms with Gasteiger partial charge in [0.05, 0.1) is 0 Å². The number of carbonyl (C=O) groups excluding carboxylic acids is 1. The van der Waals surface area contributed by atoms with E-state index in [-0.39, 0.29) is 5.92 Å². The van der Waals surface area contributed by atoms with Crippen LogP contribution in [0.5, 0.6) is 0 Å². The Labute approximate surface area is 95.6 Å². The van der Waals surface area contributed by atoms with Gasteiger partial charge in [0.2, 0.25) is 0 Å². The first kappa shape index (κ1) is 14.7. The van der Waals surface area contributed by atoms with Crippen molar-refractivity contribution < 1.29 is 4.79 Å². The zero-order valence-electron chi connectivity index (χ0n) is 10.8. The fourth-order valence-electron chi connectivity index (χ4n) is 1.73. The second-order valence-corrected chi connectivity index (χ2v) is 4.65. The molecular formula is C14H28O. The Kier molecular flexibility index (Phi) is 9.97. The third-order valence-electron chi connectivity index (χ3n) is 3.19. The summed E-state index contributed by atoms with van der Waals surface area (Å²) in [5, 5.41) is 0. The number of rotatable bonds is 10. The molecule has 90 valence electrons. The van der Waals surface area contributed by atoms with Crippen molar-refractivity contribution >= 4 is 5.78 Å². The zero-order valence-corrected chi connectivity index (χ0v) is 10.8. The van der Waals surface area contributed by atoms with Crippen molar-refractivity contribution in [3.63, 3.8) is 0 Å². The third-order valence-corrected chi connectivity index (χ3v) is 3.19. The maximum Gasteiger partial charge on any atom is 0.135 e. The molecule has 0 aliphatic carbocycles. The zero-order chi connectivity index (χ0) is 11.5. The second-order valence-electron chi connectivity index (χ2n) is 4.65. The summed E-state index contributed by atoms with van der Waals surface area (Å²) in [5.74, 6) is 0.746. The predicted octanol–water partition coefficient (Wildman–Crippen LogP) is 4.74.